The summed E-state index contributed by atoms with van der Waals surface area (Å²) in [5.41, 5.74) is 0. The van der Waals surface area contributed by atoms with Gasteiger partial charge in [0.05, 0.1) is 0 Å². The summed E-state index contributed by atoms with van der Waals surface area (Å²) < 4.78 is 0. The molecule has 0 unspecified atom stereocenters. The van der Waals surface area contributed by atoms with E-state index in [1.807, 2.05) is 16.0 Å². The minimum absolute atomic E-state index is 0.211. The third-order valence-electron chi connectivity index (χ3n) is 4.67. The molecule has 0 aromatic carbocycles. The Hall–Kier alpha value is -1.85. The molecule has 0 saturated carbocycles. The van der Waals surface area contributed by atoms with Crippen molar-refractivity contribution in [3.63, 3.8) is 0 Å². The molecule has 0 bridgehead atoms. The molecule has 6 nitrogen and oxygen atoms in total. The number of aromatic nitrogens is 2. The van der Waals surface area contributed by atoms with E-state index in [0.29, 0.717) is 18.8 Å². The number of piperidine rings is 1. The average Bonchev–Trinajstić information content (AvgIpc) is 3.20. The predicted octanol–water partition coefficient (Wildman–Crippen LogP) is 1.52. The van der Waals surface area contributed by atoms with Crippen LogP contribution in [0.3, 0.4) is 0 Å². The van der Waals surface area contributed by atoms with E-state index in [-0.39, 0.29) is 11.8 Å². The van der Waals surface area contributed by atoms with Crippen LogP contribution >= 0.6 is 0 Å². The molecule has 6 heteroatoms. The van der Waals surface area contributed by atoms with Crippen molar-refractivity contribution in [2.45, 2.75) is 44.4 Å². The van der Waals surface area contributed by atoms with E-state index in [9.17, 15) is 9.59 Å². The Morgan fingerprint density at radius 3 is 3.00 bits per heavy atom. The molecule has 2 aliphatic heterocycles. The fourth-order valence-electron chi connectivity index (χ4n) is 3.45. The van der Waals surface area contributed by atoms with E-state index in [0.717, 1.165) is 57.7 Å². The van der Waals surface area contributed by atoms with E-state index in [4.69, 9.17) is 0 Å². The Labute approximate surface area is 130 Å². The third kappa shape index (κ3) is 3.48. The van der Waals surface area contributed by atoms with Gasteiger partial charge in [-0.3, -0.25) is 9.59 Å². The van der Waals surface area contributed by atoms with Gasteiger partial charge >= 0.3 is 0 Å². The molecule has 2 aliphatic rings. The zero-order valence-electron chi connectivity index (χ0n) is 13.0. The number of rotatable bonds is 5. The highest BCUT2D eigenvalue weighted by Crippen LogP contribution is 2.24. The van der Waals surface area contributed by atoms with Crippen molar-refractivity contribution in [1.29, 1.82) is 0 Å². The number of nitrogens with one attached hydrogen (secondary N) is 1. The molecular weight excluding hydrogens is 280 g/mol. The number of likely N-dealkylation sites (tertiary alicyclic amines) is 2. The van der Waals surface area contributed by atoms with Crippen molar-refractivity contribution in [3.8, 4) is 0 Å². The summed E-state index contributed by atoms with van der Waals surface area (Å²) in [7, 11) is 0. The van der Waals surface area contributed by atoms with Gasteiger partial charge in [-0.05, 0) is 25.7 Å². The lowest BCUT2D eigenvalue weighted by molar-refractivity contribution is -0.133. The van der Waals surface area contributed by atoms with E-state index in [1.54, 1.807) is 6.20 Å². The minimum atomic E-state index is 0.211. The van der Waals surface area contributed by atoms with E-state index in [2.05, 4.69) is 9.97 Å². The molecule has 3 heterocycles. The highest BCUT2D eigenvalue weighted by molar-refractivity contribution is 5.78. The smallest absolute Gasteiger partial charge is 0.222 e. The van der Waals surface area contributed by atoms with Crippen molar-refractivity contribution in [2.24, 2.45) is 0 Å². The Bertz CT molecular complexity index is 514. The molecular formula is C16H24N4O2. The van der Waals surface area contributed by atoms with Gasteiger partial charge in [0, 0.05) is 57.3 Å². The van der Waals surface area contributed by atoms with Crippen LogP contribution in [0.2, 0.25) is 0 Å². The van der Waals surface area contributed by atoms with Gasteiger partial charge in [0.1, 0.15) is 5.82 Å². The number of nitrogens with zero attached hydrogens (tertiary/aromatic N) is 3. The summed E-state index contributed by atoms with van der Waals surface area (Å²) in [5, 5.41) is 0. The van der Waals surface area contributed by atoms with E-state index in [1.165, 1.54) is 0 Å². The molecule has 0 aliphatic carbocycles. The fourth-order valence-corrected chi connectivity index (χ4v) is 3.45. The van der Waals surface area contributed by atoms with Gasteiger partial charge in [-0.2, -0.15) is 0 Å². The normalized spacial score (nSPS) is 22.4. The molecule has 1 aromatic heterocycles. The second-order valence-corrected chi connectivity index (χ2v) is 6.24. The highest BCUT2D eigenvalue weighted by atomic mass is 16.2. The summed E-state index contributed by atoms with van der Waals surface area (Å²) in [6, 6.07) is 0. The van der Waals surface area contributed by atoms with Crippen molar-refractivity contribution < 1.29 is 9.59 Å². The quantitative estimate of drug-likeness (QED) is 0.896. The van der Waals surface area contributed by atoms with E-state index >= 15 is 0 Å². The summed E-state index contributed by atoms with van der Waals surface area (Å²) >= 11 is 0. The Morgan fingerprint density at radius 1 is 1.36 bits per heavy atom. The number of H-pyrrole nitrogens is 1. The number of hydrogen-bond donors (Lipinski definition) is 1. The molecule has 1 atom stereocenters. The van der Waals surface area contributed by atoms with Crippen molar-refractivity contribution in [3.05, 3.63) is 18.2 Å². The standard InChI is InChI=1S/C16H24N4O2/c21-14-5-2-9-19(14)10-3-6-15(22)20-11-1-4-13(12-20)16-17-7-8-18-16/h7-8,13H,1-6,9-12H2,(H,17,18)/t13-/m1/s1. The first-order chi connectivity index (χ1) is 10.7. The maximum atomic E-state index is 12.4. The molecule has 2 saturated heterocycles. The molecule has 0 radical (unpaired) electrons. The number of carbonyl (C=O) groups excluding carboxylic acids is 2. The maximum Gasteiger partial charge on any atom is 0.222 e. The number of aromatic amines is 1. The molecule has 2 amide bonds. The van der Waals surface area contributed by atoms with Crippen LogP contribution in [0.4, 0.5) is 0 Å². The first kappa shape index (κ1) is 15.1. The summed E-state index contributed by atoms with van der Waals surface area (Å²) in [6.45, 7) is 3.19. The Morgan fingerprint density at radius 2 is 2.27 bits per heavy atom. The van der Waals surface area contributed by atoms with Crippen LogP contribution < -0.4 is 0 Å². The lowest BCUT2D eigenvalue weighted by atomic mass is 9.97. The number of hydrogen-bond acceptors (Lipinski definition) is 3. The SMILES string of the molecule is O=C1CCCN1CCCC(=O)N1CCC[C@@H](c2ncc[nH]2)C1. The second kappa shape index (κ2) is 6.94. The maximum absolute atomic E-state index is 12.4. The first-order valence-electron chi connectivity index (χ1n) is 8.29. The first-order valence-corrected chi connectivity index (χ1v) is 8.29. The average molecular weight is 304 g/mol. The lowest BCUT2D eigenvalue weighted by Crippen LogP contribution is -2.39. The lowest BCUT2D eigenvalue weighted by Gasteiger charge is -2.32. The molecule has 22 heavy (non-hydrogen) atoms. The van der Waals surface area contributed by atoms with Crippen LogP contribution in [0.25, 0.3) is 0 Å². The summed E-state index contributed by atoms with van der Waals surface area (Å²) in [5.74, 6) is 1.76. The third-order valence-corrected chi connectivity index (χ3v) is 4.67. The summed E-state index contributed by atoms with van der Waals surface area (Å²) in [4.78, 5) is 35.2. The molecule has 120 valence electrons. The van der Waals surface area contributed by atoms with Crippen LogP contribution in [0.5, 0.6) is 0 Å². The Kier molecular flexibility index (Phi) is 4.75. The van der Waals surface area contributed by atoms with Gasteiger partial charge in [0.2, 0.25) is 11.8 Å². The number of imidazole rings is 1. The van der Waals surface area contributed by atoms with Crippen LogP contribution in [-0.2, 0) is 9.59 Å². The van der Waals surface area contributed by atoms with Crippen LogP contribution in [0, 0.1) is 0 Å². The van der Waals surface area contributed by atoms with Gasteiger partial charge in [-0.15, -0.1) is 0 Å². The largest absolute Gasteiger partial charge is 0.348 e. The zero-order chi connectivity index (χ0) is 15.4. The van der Waals surface area contributed by atoms with Gasteiger partial charge in [-0.25, -0.2) is 4.98 Å². The second-order valence-electron chi connectivity index (χ2n) is 6.24. The Balaban J connectivity index is 1.44. The molecule has 1 aromatic rings. The van der Waals surface area contributed by atoms with E-state index < -0.39 is 0 Å². The predicted molar refractivity (Wildman–Crippen MR) is 82.2 cm³/mol. The number of amides is 2. The van der Waals surface area contributed by atoms with Gasteiger partial charge in [0.15, 0.2) is 0 Å². The zero-order valence-corrected chi connectivity index (χ0v) is 13.0. The van der Waals surface area contributed by atoms with Crippen LogP contribution in [-0.4, -0.2) is 57.8 Å². The van der Waals surface area contributed by atoms with Crippen molar-refractivity contribution in [2.75, 3.05) is 26.2 Å². The van der Waals surface area contributed by atoms with Crippen molar-refractivity contribution in [1.82, 2.24) is 19.8 Å². The molecule has 1 N–H and O–H groups in total. The van der Waals surface area contributed by atoms with Gasteiger partial charge < -0.3 is 14.8 Å². The molecule has 0 spiro atoms. The van der Waals surface area contributed by atoms with Gasteiger partial charge in [0.25, 0.3) is 0 Å². The summed E-state index contributed by atoms with van der Waals surface area (Å²) in [6.07, 6.45) is 8.66. The van der Waals surface area contributed by atoms with Crippen molar-refractivity contribution >= 4 is 11.8 Å². The number of carbonyl (C=O) groups is 2. The van der Waals surface area contributed by atoms with Crippen LogP contribution in [0.1, 0.15) is 50.3 Å². The fraction of sp³-hybridized carbons (Fsp3) is 0.688. The monoisotopic (exact) mass is 304 g/mol. The van der Waals surface area contributed by atoms with Crippen LogP contribution in [0.15, 0.2) is 12.4 Å². The molecule has 2 fully saturated rings. The minimum Gasteiger partial charge on any atom is -0.348 e. The molecule has 3 rings (SSSR count). The topological polar surface area (TPSA) is 69.3 Å². The highest BCUT2D eigenvalue weighted by Gasteiger charge is 2.26. The van der Waals surface area contributed by atoms with Gasteiger partial charge in [-0.1, -0.05) is 0 Å².